The lowest BCUT2D eigenvalue weighted by Gasteiger charge is -2.10. The van der Waals surface area contributed by atoms with Crippen LogP contribution < -0.4 is 10.2 Å². The number of nitrogens with zero attached hydrogens (tertiary/aromatic N) is 2. The van der Waals surface area contributed by atoms with Crippen molar-refractivity contribution in [1.29, 1.82) is 0 Å². The molecule has 1 heterocycles. The number of aromatic nitrogens is 1. The summed E-state index contributed by atoms with van der Waals surface area (Å²) in [5.74, 6) is 0.451. The number of hydrazone groups is 1. The summed E-state index contributed by atoms with van der Waals surface area (Å²) in [6.07, 6.45) is 1.60. The quantitative estimate of drug-likeness (QED) is 0.242. The Bertz CT molecular complexity index is 1260. The molecule has 166 valence electrons. The highest BCUT2D eigenvalue weighted by Gasteiger charge is 2.08. The van der Waals surface area contributed by atoms with Crippen molar-refractivity contribution in [2.24, 2.45) is 5.10 Å². The second-order valence-electron chi connectivity index (χ2n) is 7.66. The summed E-state index contributed by atoms with van der Waals surface area (Å²) in [6, 6.07) is 27.2. The van der Waals surface area contributed by atoms with Crippen molar-refractivity contribution < 1.29 is 9.53 Å². The Morgan fingerprint density at radius 2 is 1.67 bits per heavy atom. The van der Waals surface area contributed by atoms with Crippen LogP contribution in [-0.4, -0.2) is 16.7 Å². The molecule has 0 spiro atoms. The molecule has 0 aliphatic heterocycles. The van der Waals surface area contributed by atoms with Crippen molar-refractivity contribution in [2.45, 2.75) is 20.5 Å². The third-order valence-electron chi connectivity index (χ3n) is 5.24. The summed E-state index contributed by atoms with van der Waals surface area (Å²) in [7, 11) is 0. The predicted octanol–water partition coefficient (Wildman–Crippen LogP) is 6.20. The molecule has 0 aliphatic rings. The number of hydrogen-bond acceptors (Lipinski definition) is 3. The van der Waals surface area contributed by atoms with E-state index in [0.717, 1.165) is 38.4 Å². The highest BCUT2D eigenvalue weighted by Crippen LogP contribution is 2.22. The fourth-order valence-electron chi connectivity index (χ4n) is 3.51. The maximum atomic E-state index is 12.5. The summed E-state index contributed by atoms with van der Waals surface area (Å²) in [5.41, 5.74) is 8.34. The van der Waals surface area contributed by atoms with Crippen molar-refractivity contribution in [3.8, 4) is 11.4 Å². The summed E-state index contributed by atoms with van der Waals surface area (Å²) in [6.45, 7) is 4.60. The number of halogens is 1. The van der Waals surface area contributed by atoms with Gasteiger partial charge in [0, 0.05) is 32.7 Å². The summed E-state index contributed by atoms with van der Waals surface area (Å²) in [4.78, 5) is 12.5. The van der Waals surface area contributed by atoms with Gasteiger partial charge >= 0.3 is 0 Å². The Hall–Kier alpha value is -3.64. The molecule has 1 aromatic heterocycles. The van der Waals surface area contributed by atoms with Crippen molar-refractivity contribution in [3.05, 3.63) is 117 Å². The number of nitrogens with one attached hydrogen (secondary N) is 1. The molecule has 0 saturated carbocycles. The lowest BCUT2D eigenvalue weighted by molar-refractivity contribution is 0.0955. The third-order valence-corrected chi connectivity index (χ3v) is 5.97. The Morgan fingerprint density at radius 3 is 2.36 bits per heavy atom. The van der Waals surface area contributed by atoms with Crippen LogP contribution in [0.25, 0.3) is 5.69 Å². The number of benzene rings is 3. The molecule has 3 aromatic carbocycles. The van der Waals surface area contributed by atoms with Crippen molar-refractivity contribution >= 4 is 28.1 Å². The molecule has 33 heavy (non-hydrogen) atoms. The molecule has 4 rings (SSSR count). The number of carbonyl (C=O) groups is 1. The maximum Gasteiger partial charge on any atom is 0.271 e. The maximum absolute atomic E-state index is 12.5. The van der Waals surface area contributed by atoms with E-state index < -0.39 is 0 Å². The van der Waals surface area contributed by atoms with Gasteiger partial charge in [-0.1, -0.05) is 46.3 Å². The number of ether oxygens (including phenoxy) is 1. The number of carbonyl (C=O) groups excluding carboxylic acids is 1. The predicted molar refractivity (Wildman–Crippen MR) is 135 cm³/mol. The molecule has 0 radical (unpaired) electrons. The second-order valence-corrected chi connectivity index (χ2v) is 8.51. The first kappa shape index (κ1) is 22.6. The summed E-state index contributed by atoms with van der Waals surface area (Å²) >= 11 is 3.52. The van der Waals surface area contributed by atoms with Gasteiger partial charge < -0.3 is 9.30 Å². The Balaban J connectivity index is 1.39. The molecule has 5 nitrogen and oxygen atoms in total. The van der Waals surface area contributed by atoms with Crippen LogP contribution in [0.5, 0.6) is 5.75 Å². The van der Waals surface area contributed by atoms with Gasteiger partial charge in [0.1, 0.15) is 12.4 Å². The highest BCUT2D eigenvalue weighted by atomic mass is 79.9. The molecule has 0 saturated heterocycles. The topological polar surface area (TPSA) is 55.6 Å². The number of rotatable bonds is 7. The van der Waals surface area contributed by atoms with Crippen LogP contribution in [0.1, 0.15) is 32.9 Å². The Kier molecular flexibility index (Phi) is 7.05. The van der Waals surface area contributed by atoms with Crippen LogP contribution in [0, 0.1) is 13.8 Å². The summed E-state index contributed by atoms with van der Waals surface area (Å²) in [5, 5.41) is 4.12. The molecular weight excluding hydrogens is 478 g/mol. The van der Waals surface area contributed by atoms with Crippen LogP contribution in [0.3, 0.4) is 0 Å². The van der Waals surface area contributed by atoms with Crippen LogP contribution in [-0.2, 0) is 6.61 Å². The van der Waals surface area contributed by atoms with Gasteiger partial charge in [-0.15, -0.1) is 0 Å². The zero-order valence-corrected chi connectivity index (χ0v) is 20.0. The normalized spacial score (nSPS) is 11.0. The fourth-order valence-corrected chi connectivity index (χ4v) is 3.86. The lowest BCUT2D eigenvalue weighted by atomic mass is 10.2. The molecule has 1 N–H and O–H groups in total. The summed E-state index contributed by atoms with van der Waals surface area (Å²) < 4.78 is 8.87. The van der Waals surface area contributed by atoms with E-state index in [1.165, 1.54) is 0 Å². The van der Waals surface area contributed by atoms with E-state index >= 15 is 0 Å². The van der Waals surface area contributed by atoms with Crippen molar-refractivity contribution in [2.75, 3.05) is 0 Å². The highest BCUT2D eigenvalue weighted by molar-refractivity contribution is 9.10. The molecule has 0 fully saturated rings. The van der Waals surface area contributed by atoms with Crippen LogP contribution >= 0.6 is 15.9 Å². The van der Waals surface area contributed by atoms with Gasteiger partial charge in [-0.3, -0.25) is 4.79 Å². The van der Waals surface area contributed by atoms with Gasteiger partial charge in [-0.2, -0.15) is 5.10 Å². The van der Waals surface area contributed by atoms with Crippen LogP contribution in [0.4, 0.5) is 0 Å². The number of amides is 1. The third kappa shape index (κ3) is 5.59. The minimum atomic E-state index is -0.272. The van der Waals surface area contributed by atoms with E-state index in [9.17, 15) is 4.79 Å². The van der Waals surface area contributed by atoms with Gasteiger partial charge in [0.25, 0.3) is 5.91 Å². The van der Waals surface area contributed by atoms with Gasteiger partial charge in [0.2, 0.25) is 0 Å². The Morgan fingerprint density at radius 1 is 0.970 bits per heavy atom. The van der Waals surface area contributed by atoms with E-state index in [4.69, 9.17) is 4.74 Å². The van der Waals surface area contributed by atoms with Gasteiger partial charge in [-0.05, 0) is 74.0 Å². The van der Waals surface area contributed by atoms with E-state index in [0.29, 0.717) is 12.2 Å². The molecule has 0 bridgehead atoms. The van der Waals surface area contributed by atoms with E-state index in [1.807, 2.05) is 60.7 Å². The molecule has 6 heteroatoms. The van der Waals surface area contributed by atoms with E-state index in [1.54, 1.807) is 18.3 Å². The average molecular weight is 502 g/mol. The van der Waals surface area contributed by atoms with Crippen LogP contribution in [0.2, 0.25) is 0 Å². The molecule has 0 atom stereocenters. The van der Waals surface area contributed by atoms with Gasteiger partial charge in [-0.25, -0.2) is 5.43 Å². The fraction of sp³-hybridized carbons (Fsp3) is 0.111. The second kappa shape index (κ2) is 10.3. The SMILES string of the molecule is Cc1ccc(C)n1-c1ccc(C(=O)NN=Cc2cc(OCc3ccccc3)ccc2Br)cc1. The molecular formula is C27H24BrN3O2. The zero-order valence-electron chi connectivity index (χ0n) is 18.5. The van der Waals surface area contributed by atoms with Gasteiger partial charge in [0.15, 0.2) is 0 Å². The zero-order chi connectivity index (χ0) is 23.2. The minimum Gasteiger partial charge on any atom is -0.489 e. The number of aryl methyl sites for hydroxylation is 2. The van der Waals surface area contributed by atoms with E-state index in [-0.39, 0.29) is 5.91 Å². The molecule has 1 amide bonds. The molecule has 0 aliphatic carbocycles. The van der Waals surface area contributed by atoms with Crippen LogP contribution in [0.15, 0.2) is 94.5 Å². The van der Waals surface area contributed by atoms with E-state index in [2.05, 4.69) is 57.0 Å². The standard InChI is InChI=1S/C27H24BrN3O2/c1-19-8-9-20(2)31(19)24-12-10-22(11-13-24)27(32)30-29-17-23-16-25(14-15-26(23)28)33-18-21-6-4-3-5-7-21/h3-17H,18H2,1-2H3,(H,30,32). The van der Waals surface area contributed by atoms with Crippen molar-refractivity contribution in [1.82, 2.24) is 9.99 Å². The first-order valence-corrected chi connectivity index (χ1v) is 11.4. The number of hydrogen-bond donors (Lipinski definition) is 1. The first-order valence-electron chi connectivity index (χ1n) is 10.6. The molecule has 0 unspecified atom stereocenters. The average Bonchev–Trinajstić information content (AvgIpc) is 3.17. The van der Waals surface area contributed by atoms with Crippen molar-refractivity contribution in [3.63, 3.8) is 0 Å². The monoisotopic (exact) mass is 501 g/mol. The largest absolute Gasteiger partial charge is 0.489 e. The smallest absolute Gasteiger partial charge is 0.271 e. The lowest BCUT2D eigenvalue weighted by Crippen LogP contribution is -2.17. The minimum absolute atomic E-state index is 0.272. The molecule has 4 aromatic rings. The first-order chi connectivity index (χ1) is 16.0. The Labute approximate surface area is 201 Å². The van der Waals surface area contributed by atoms with Gasteiger partial charge in [0.05, 0.1) is 6.21 Å².